The molecule has 5 nitrogen and oxygen atoms in total. The van der Waals surface area contributed by atoms with Gasteiger partial charge in [-0.2, -0.15) is 0 Å². The number of rotatable bonds is 4. The molecule has 20 heavy (non-hydrogen) atoms. The second kappa shape index (κ2) is 5.81. The number of benzene rings is 1. The maximum atomic E-state index is 12.9. The molecular weight excluding hydrogens is 259 g/mol. The summed E-state index contributed by atoms with van der Waals surface area (Å²) >= 11 is 0. The Morgan fingerprint density at radius 2 is 2.05 bits per heavy atom. The van der Waals surface area contributed by atoms with Crippen LogP contribution in [0.15, 0.2) is 24.3 Å². The normalized spacial score (nSPS) is 12.2. The van der Waals surface area contributed by atoms with Crippen LogP contribution in [-0.4, -0.2) is 33.0 Å². The topological polar surface area (TPSA) is 61.9 Å². The molecule has 0 fully saturated rings. The maximum absolute atomic E-state index is 12.9. The van der Waals surface area contributed by atoms with Gasteiger partial charge in [0.1, 0.15) is 11.6 Å². The summed E-state index contributed by atoms with van der Waals surface area (Å²) in [5.41, 5.74) is 0.855. The fraction of sp³-hybridized carbons (Fsp3) is 0.357. The minimum atomic E-state index is -0.295. The van der Waals surface area contributed by atoms with E-state index in [0.29, 0.717) is 12.2 Å². The van der Waals surface area contributed by atoms with Crippen LogP contribution in [0, 0.1) is 5.82 Å². The van der Waals surface area contributed by atoms with E-state index >= 15 is 0 Å². The minimum Gasteiger partial charge on any atom is -0.332 e. The van der Waals surface area contributed by atoms with Gasteiger partial charge in [0.15, 0.2) is 0 Å². The van der Waals surface area contributed by atoms with Crippen molar-refractivity contribution in [2.45, 2.75) is 26.3 Å². The number of halogens is 1. The quantitative estimate of drug-likeness (QED) is 0.932. The molecule has 0 aliphatic heterocycles. The molecule has 6 heteroatoms. The number of aromatic amines is 1. The van der Waals surface area contributed by atoms with E-state index in [9.17, 15) is 9.18 Å². The number of aromatic nitrogens is 3. The maximum Gasteiger partial charge on any atom is 0.293 e. The highest BCUT2D eigenvalue weighted by Gasteiger charge is 2.22. The number of amides is 1. The highest BCUT2D eigenvalue weighted by Crippen LogP contribution is 2.20. The van der Waals surface area contributed by atoms with Gasteiger partial charge in [-0.15, -0.1) is 5.10 Å². The molecular formula is C14H17FN4O. The number of aryl methyl sites for hydroxylation is 1. The van der Waals surface area contributed by atoms with Gasteiger partial charge in [0.05, 0.1) is 6.04 Å². The van der Waals surface area contributed by atoms with Crippen molar-refractivity contribution in [2.24, 2.45) is 0 Å². The van der Waals surface area contributed by atoms with E-state index in [1.54, 1.807) is 19.2 Å². The Labute approximate surface area is 116 Å². The fourth-order valence-corrected chi connectivity index (χ4v) is 1.85. The van der Waals surface area contributed by atoms with Gasteiger partial charge in [0.2, 0.25) is 5.82 Å². The molecule has 0 aliphatic carbocycles. The summed E-state index contributed by atoms with van der Waals surface area (Å²) in [5.74, 6) is 0.267. The summed E-state index contributed by atoms with van der Waals surface area (Å²) < 4.78 is 12.9. The van der Waals surface area contributed by atoms with Crippen LogP contribution >= 0.6 is 0 Å². The largest absolute Gasteiger partial charge is 0.332 e. The van der Waals surface area contributed by atoms with Gasteiger partial charge in [-0.3, -0.25) is 9.89 Å². The highest BCUT2D eigenvalue weighted by molar-refractivity contribution is 5.90. The van der Waals surface area contributed by atoms with Crippen molar-refractivity contribution in [3.05, 3.63) is 47.3 Å². The van der Waals surface area contributed by atoms with Gasteiger partial charge in [0.25, 0.3) is 5.91 Å². The molecule has 1 aromatic carbocycles. The third-order valence-corrected chi connectivity index (χ3v) is 3.31. The molecule has 0 saturated heterocycles. The molecule has 1 amide bonds. The molecule has 2 rings (SSSR count). The van der Waals surface area contributed by atoms with E-state index in [1.165, 1.54) is 17.0 Å². The number of carbonyl (C=O) groups is 1. The van der Waals surface area contributed by atoms with Crippen LogP contribution in [0.1, 0.15) is 41.9 Å². The smallest absolute Gasteiger partial charge is 0.293 e. The van der Waals surface area contributed by atoms with E-state index in [2.05, 4.69) is 15.2 Å². The summed E-state index contributed by atoms with van der Waals surface area (Å²) in [7, 11) is 1.68. The molecule has 1 atom stereocenters. The molecule has 0 aliphatic rings. The second-order valence-electron chi connectivity index (χ2n) is 4.60. The zero-order valence-electron chi connectivity index (χ0n) is 11.7. The number of nitrogens with zero attached hydrogens (tertiary/aromatic N) is 3. The van der Waals surface area contributed by atoms with Gasteiger partial charge >= 0.3 is 0 Å². The third kappa shape index (κ3) is 2.84. The summed E-state index contributed by atoms with van der Waals surface area (Å²) in [6, 6.07) is 5.91. The monoisotopic (exact) mass is 276 g/mol. The number of carbonyl (C=O) groups excluding carboxylic acids is 1. The molecule has 1 unspecified atom stereocenters. The lowest BCUT2D eigenvalue weighted by atomic mass is 10.1. The Balaban J connectivity index is 2.15. The summed E-state index contributed by atoms with van der Waals surface area (Å²) in [4.78, 5) is 17.9. The van der Waals surface area contributed by atoms with E-state index in [-0.39, 0.29) is 23.6 Å². The molecule has 0 bridgehead atoms. The first kappa shape index (κ1) is 14.2. The average molecular weight is 276 g/mol. The molecule has 2 aromatic rings. The van der Waals surface area contributed by atoms with Crippen LogP contribution in [0.3, 0.4) is 0 Å². The van der Waals surface area contributed by atoms with Crippen molar-refractivity contribution in [3.63, 3.8) is 0 Å². The van der Waals surface area contributed by atoms with Crippen LogP contribution in [0.2, 0.25) is 0 Å². The average Bonchev–Trinajstić information content (AvgIpc) is 2.94. The van der Waals surface area contributed by atoms with Crippen LogP contribution in [0.25, 0.3) is 0 Å². The number of hydrogen-bond acceptors (Lipinski definition) is 3. The Kier molecular flexibility index (Phi) is 4.12. The van der Waals surface area contributed by atoms with Gasteiger partial charge in [-0.25, -0.2) is 9.37 Å². The molecule has 106 valence electrons. The standard InChI is InChI=1S/C14H17FN4O/c1-4-12-16-13(18-17-12)14(20)19(3)9(2)10-5-7-11(15)8-6-10/h5-9H,4H2,1-3H3,(H,16,17,18). The van der Waals surface area contributed by atoms with Gasteiger partial charge in [0, 0.05) is 13.5 Å². The summed E-state index contributed by atoms with van der Waals surface area (Å²) in [5, 5.41) is 6.63. The Bertz CT molecular complexity index is 593. The number of H-pyrrole nitrogens is 1. The zero-order valence-corrected chi connectivity index (χ0v) is 11.7. The van der Waals surface area contributed by atoms with Crippen molar-refractivity contribution < 1.29 is 9.18 Å². The lowest BCUT2D eigenvalue weighted by molar-refractivity contribution is 0.0730. The van der Waals surface area contributed by atoms with Crippen LogP contribution in [-0.2, 0) is 6.42 Å². The molecule has 0 radical (unpaired) electrons. The number of nitrogens with one attached hydrogen (secondary N) is 1. The molecule has 1 heterocycles. The van der Waals surface area contributed by atoms with E-state index in [1.807, 2.05) is 13.8 Å². The molecule has 1 aromatic heterocycles. The van der Waals surface area contributed by atoms with Crippen molar-refractivity contribution in [1.82, 2.24) is 20.1 Å². The van der Waals surface area contributed by atoms with Crippen molar-refractivity contribution in [1.29, 1.82) is 0 Å². The zero-order chi connectivity index (χ0) is 14.7. The first-order valence-corrected chi connectivity index (χ1v) is 6.46. The van der Waals surface area contributed by atoms with E-state index in [0.717, 1.165) is 5.56 Å². The Hall–Kier alpha value is -2.24. The fourth-order valence-electron chi connectivity index (χ4n) is 1.85. The lowest BCUT2D eigenvalue weighted by Gasteiger charge is -2.24. The predicted octanol–water partition coefficient (Wildman–Crippen LogP) is 2.34. The SMILES string of the molecule is CCc1nc(C(=O)N(C)C(C)c2ccc(F)cc2)n[nH]1. The van der Waals surface area contributed by atoms with Crippen LogP contribution < -0.4 is 0 Å². The second-order valence-corrected chi connectivity index (χ2v) is 4.60. The number of hydrogen-bond donors (Lipinski definition) is 1. The van der Waals surface area contributed by atoms with Gasteiger partial charge < -0.3 is 4.90 Å². The van der Waals surface area contributed by atoms with Crippen LogP contribution in [0.4, 0.5) is 4.39 Å². The minimum absolute atomic E-state index is 0.151. The van der Waals surface area contributed by atoms with Gasteiger partial charge in [-0.1, -0.05) is 19.1 Å². The summed E-state index contributed by atoms with van der Waals surface area (Å²) in [6.45, 7) is 3.80. The van der Waals surface area contributed by atoms with Gasteiger partial charge in [-0.05, 0) is 24.6 Å². The first-order valence-electron chi connectivity index (χ1n) is 6.46. The van der Waals surface area contributed by atoms with Crippen molar-refractivity contribution >= 4 is 5.91 Å². The Morgan fingerprint density at radius 3 is 2.60 bits per heavy atom. The van der Waals surface area contributed by atoms with Crippen molar-refractivity contribution in [3.8, 4) is 0 Å². The molecule has 0 saturated carbocycles. The van der Waals surface area contributed by atoms with E-state index < -0.39 is 0 Å². The Morgan fingerprint density at radius 1 is 1.40 bits per heavy atom. The first-order chi connectivity index (χ1) is 9.52. The highest BCUT2D eigenvalue weighted by atomic mass is 19.1. The lowest BCUT2D eigenvalue weighted by Crippen LogP contribution is -2.30. The molecule has 1 N–H and O–H groups in total. The van der Waals surface area contributed by atoms with Crippen LogP contribution in [0.5, 0.6) is 0 Å². The van der Waals surface area contributed by atoms with Crippen molar-refractivity contribution in [2.75, 3.05) is 7.05 Å². The predicted molar refractivity (Wildman–Crippen MR) is 72.7 cm³/mol. The third-order valence-electron chi connectivity index (χ3n) is 3.31. The molecule has 0 spiro atoms. The van der Waals surface area contributed by atoms with E-state index in [4.69, 9.17) is 0 Å². The summed E-state index contributed by atoms with van der Waals surface area (Å²) in [6.07, 6.45) is 0.692.